The predicted molar refractivity (Wildman–Crippen MR) is 105 cm³/mol. The summed E-state index contributed by atoms with van der Waals surface area (Å²) in [7, 11) is 1.80. The van der Waals surface area contributed by atoms with E-state index in [-0.39, 0.29) is 12.1 Å². The summed E-state index contributed by atoms with van der Waals surface area (Å²) in [6.45, 7) is 7.15. The van der Waals surface area contributed by atoms with Crippen LogP contribution in [0.15, 0.2) is 48.8 Å². The molecule has 2 amide bonds. The Morgan fingerprint density at radius 1 is 1.26 bits per heavy atom. The number of hydrogen-bond donors (Lipinski definition) is 1. The minimum absolute atomic E-state index is 0.0131. The van der Waals surface area contributed by atoms with Gasteiger partial charge in [-0.2, -0.15) is 10.2 Å². The summed E-state index contributed by atoms with van der Waals surface area (Å²) in [5, 5.41) is 11.7. The van der Waals surface area contributed by atoms with Crippen molar-refractivity contribution < 1.29 is 4.79 Å². The molecule has 1 unspecified atom stereocenters. The fourth-order valence-corrected chi connectivity index (χ4v) is 3.08. The van der Waals surface area contributed by atoms with Crippen LogP contribution >= 0.6 is 0 Å². The van der Waals surface area contributed by atoms with Gasteiger partial charge in [0.15, 0.2) is 0 Å². The van der Waals surface area contributed by atoms with Crippen LogP contribution in [-0.4, -0.2) is 43.6 Å². The first-order valence-corrected chi connectivity index (χ1v) is 9.04. The second-order valence-corrected chi connectivity index (χ2v) is 6.94. The molecule has 0 bridgehead atoms. The van der Waals surface area contributed by atoms with E-state index in [9.17, 15) is 4.79 Å². The maximum atomic E-state index is 12.5. The van der Waals surface area contributed by atoms with Gasteiger partial charge >= 0.3 is 6.03 Å². The van der Waals surface area contributed by atoms with Gasteiger partial charge in [0, 0.05) is 37.7 Å². The van der Waals surface area contributed by atoms with Gasteiger partial charge in [-0.1, -0.05) is 12.1 Å². The lowest BCUT2D eigenvalue weighted by molar-refractivity contribution is 0.202. The third-order valence-electron chi connectivity index (χ3n) is 4.32. The van der Waals surface area contributed by atoms with E-state index in [1.807, 2.05) is 66.7 Å². The summed E-state index contributed by atoms with van der Waals surface area (Å²) in [5.41, 5.74) is 4.13. The molecule has 2 heterocycles. The predicted octanol–water partition coefficient (Wildman–Crippen LogP) is 2.92. The van der Waals surface area contributed by atoms with Crippen molar-refractivity contribution >= 4 is 6.03 Å². The summed E-state index contributed by atoms with van der Waals surface area (Å²) < 4.78 is 3.73. The Hall–Kier alpha value is -3.09. The lowest BCUT2D eigenvalue weighted by atomic mass is 10.2. The molecule has 0 spiro atoms. The Morgan fingerprint density at radius 2 is 2.07 bits per heavy atom. The van der Waals surface area contributed by atoms with Crippen molar-refractivity contribution in [3.63, 3.8) is 0 Å². The van der Waals surface area contributed by atoms with Crippen LogP contribution in [0.4, 0.5) is 4.79 Å². The maximum absolute atomic E-state index is 12.5. The third-order valence-corrected chi connectivity index (χ3v) is 4.32. The average molecular weight is 366 g/mol. The fourth-order valence-electron chi connectivity index (χ4n) is 3.08. The molecule has 0 aliphatic carbocycles. The summed E-state index contributed by atoms with van der Waals surface area (Å²) in [5.74, 6) is 0. The van der Waals surface area contributed by atoms with E-state index in [0.29, 0.717) is 13.1 Å². The number of aromatic nitrogens is 4. The van der Waals surface area contributed by atoms with Crippen LogP contribution in [0.1, 0.15) is 23.9 Å². The largest absolute Gasteiger partial charge is 0.334 e. The zero-order valence-corrected chi connectivity index (χ0v) is 16.3. The normalized spacial score (nSPS) is 12.0. The van der Waals surface area contributed by atoms with Crippen molar-refractivity contribution in [3.05, 3.63) is 65.7 Å². The second kappa shape index (κ2) is 8.07. The Labute approximate surface area is 159 Å². The monoisotopic (exact) mass is 366 g/mol. The van der Waals surface area contributed by atoms with Crippen molar-refractivity contribution in [1.29, 1.82) is 0 Å². The SMILES string of the molecule is Cc1cc(C)n(-c2cccc(CN(C)C(=O)NC(C)Cn3cccn3)c2)n1. The summed E-state index contributed by atoms with van der Waals surface area (Å²) in [6.07, 6.45) is 3.62. The highest BCUT2D eigenvalue weighted by Gasteiger charge is 2.13. The molecule has 0 aliphatic rings. The molecule has 1 atom stereocenters. The molecule has 0 radical (unpaired) electrons. The van der Waals surface area contributed by atoms with Crippen LogP contribution < -0.4 is 5.32 Å². The molecule has 2 aromatic heterocycles. The van der Waals surface area contributed by atoms with Gasteiger partial charge in [-0.15, -0.1) is 0 Å². The zero-order valence-electron chi connectivity index (χ0n) is 16.3. The standard InChI is InChI=1S/C20H26N6O/c1-15-11-17(3)26(23-15)19-8-5-7-18(12-19)14-24(4)20(27)22-16(2)13-25-10-6-9-21-25/h5-12,16H,13-14H2,1-4H3,(H,22,27). The van der Waals surface area contributed by atoms with Gasteiger partial charge in [-0.25, -0.2) is 9.48 Å². The Bertz CT molecular complexity index is 899. The highest BCUT2D eigenvalue weighted by atomic mass is 16.2. The first-order valence-electron chi connectivity index (χ1n) is 9.04. The first kappa shape index (κ1) is 18.7. The number of benzene rings is 1. The van der Waals surface area contributed by atoms with E-state index >= 15 is 0 Å². The number of urea groups is 1. The van der Waals surface area contributed by atoms with Crippen molar-refractivity contribution in [3.8, 4) is 5.69 Å². The van der Waals surface area contributed by atoms with E-state index in [1.165, 1.54) is 0 Å². The van der Waals surface area contributed by atoms with Gasteiger partial charge in [-0.3, -0.25) is 4.68 Å². The highest BCUT2D eigenvalue weighted by molar-refractivity contribution is 5.74. The molecular weight excluding hydrogens is 340 g/mol. The molecule has 7 heteroatoms. The van der Waals surface area contributed by atoms with E-state index in [0.717, 1.165) is 22.6 Å². The zero-order chi connectivity index (χ0) is 19.4. The molecule has 7 nitrogen and oxygen atoms in total. The van der Waals surface area contributed by atoms with E-state index in [1.54, 1.807) is 18.1 Å². The summed E-state index contributed by atoms with van der Waals surface area (Å²) in [4.78, 5) is 14.1. The van der Waals surface area contributed by atoms with Crippen molar-refractivity contribution in [2.45, 2.75) is 39.9 Å². The minimum atomic E-state index is -0.105. The molecule has 1 aromatic carbocycles. The fraction of sp³-hybridized carbons (Fsp3) is 0.350. The number of aryl methyl sites for hydroxylation is 2. The molecule has 0 fully saturated rings. The number of hydrogen-bond acceptors (Lipinski definition) is 3. The molecule has 1 N–H and O–H groups in total. The topological polar surface area (TPSA) is 68.0 Å². The number of amides is 2. The summed E-state index contributed by atoms with van der Waals surface area (Å²) >= 11 is 0. The van der Waals surface area contributed by atoms with E-state index in [2.05, 4.69) is 21.6 Å². The molecule has 142 valence electrons. The average Bonchev–Trinajstić information content (AvgIpc) is 3.24. The lowest BCUT2D eigenvalue weighted by Gasteiger charge is -2.22. The molecule has 0 saturated heterocycles. The van der Waals surface area contributed by atoms with Crippen LogP contribution in [0.25, 0.3) is 5.69 Å². The molecule has 3 aromatic rings. The maximum Gasteiger partial charge on any atom is 0.317 e. The van der Waals surface area contributed by atoms with Crippen molar-refractivity contribution in [2.75, 3.05) is 7.05 Å². The molecule has 3 rings (SSSR count). The molecule has 0 aliphatic heterocycles. The second-order valence-electron chi connectivity index (χ2n) is 6.94. The Balaban J connectivity index is 1.61. The van der Waals surface area contributed by atoms with Gasteiger partial charge in [0.2, 0.25) is 0 Å². The van der Waals surface area contributed by atoms with E-state index < -0.39 is 0 Å². The highest BCUT2D eigenvalue weighted by Crippen LogP contribution is 2.15. The van der Waals surface area contributed by atoms with Crippen LogP contribution in [0.2, 0.25) is 0 Å². The number of nitrogens with one attached hydrogen (secondary N) is 1. The Morgan fingerprint density at radius 3 is 2.74 bits per heavy atom. The third kappa shape index (κ3) is 4.75. The quantitative estimate of drug-likeness (QED) is 0.729. The van der Waals surface area contributed by atoms with Gasteiger partial charge in [0.05, 0.1) is 17.9 Å². The van der Waals surface area contributed by atoms with Crippen LogP contribution in [-0.2, 0) is 13.1 Å². The van der Waals surface area contributed by atoms with Gasteiger partial charge in [0.1, 0.15) is 0 Å². The number of rotatable bonds is 6. The Kier molecular flexibility index (Phi) is 5.59. The molecule has 0 saturated carbocycles. The van der Waals surface area contributed by atoms with Gasteiger partial charge in [0.25, 0.3) is 0 Å². The lowest BCUT2D eigenvalue weighted by Crippen LogP contribution is -2.43. The minimum Gasteiger partial charge on any atom is -0.334 e. The van der Waals surface area contributed by atoms with Gasteiger partial charge < -0.3 is 10.2 Å². The first-order chi connectivity index (χ1) is 12.9. The van der Waals surface area contributed by atoms with Crippen LogP contribution in [0.5, 0.6) is 0 Å². The van der Waals surface area contributed by atoms with Crippen molar-refractivity contribution in [1.82, 2.24) is 29.8 Å². The van der Waals surface area contributed by atoms with Crippen LogP contribution in [0.3, 0.4) is 0 Å². The van der Waals surface area contributed by atoms with Crippen LogP contribution in [0, 0.1) is 13.8 Å². The number of carbonyl (C=O) groups excluding carboxylic acids is 1. The molecular formula is C20H26N6O. The number of nitrogens with zero attached hydrogens (tertiary/aromatic N) is 5. The number of carbonyl (C=O) groups is 1. The van der Waals surface area contributed by atoms with E-state index in [4.69, 9.17) is 0 Å². The smallest absolute Gasteiger partial charge is 0.317 e. The van der Waals surface area contributed by atoms with Gasteiger partial charge in [-0.05, 0) is 50.6 Å². The van der Waals surface area contributed by atoms with Crippen molar-refractivity contribution in [2.24, 2.45) is 0 Å². The summed E-state index contributed by atoms with van der Waals surface area (Å²) in [6, 6.07) is 11.9. The molecule has 27 heavy (non-hydrogen) atoms.